The Bertz CT molecular complexity index is 1170. The summed E-state index contributed by atoms with van der Waals surface area (Å²) in [5, 5.41) is 10.4. The van der Waals surface area contributed by atoms with Crippen LogP contribution in [-0.2, 0) is 10.8 Å². The molecular formula is C34H37NO. The van der Waals surface area contributed by atoms with Gasteiger partial charge in [0.15, 0.2) is 0 Å². The van der Waals surface area contributed by atoms with Crippen LogP contribution >= 0.6 is 0 Å². The molecule has 1 fully saturated rings. The Hall–Kier alpha value is -3.20. The number of aryl methyl sites for hydroxylation is 1. The van der Waals surface area contributed by atoms with Gasteiger partial charge in [-0.05, 0) is 68.1 Å². The predicted octanol–water partition coefficient (Wildman–Crippen LogP) is 6.75. The van der Waals surface area contributed by atoms with E-state index in [2.05, 4.69) is 127 Å². The molecule has 0 bridgehead atoms. The molecule has 1 saturated heterocycles. The van der Waals surface area contributed by atoms with Crippen molar-refractivity contribution in [3.63, 3.8) is 0 Å². The zero-order chi connectivity index (χ0) is 24.8. The largest absolute Gasteiger partial charge is 0.395 e. The molecule has 2 heteroatoms. The fraction of sp³-hybridized carbons (Fsp3) is 0.294. The number of hydrogen-bond acceptors (Lipinski definition) is 2. The van der Waals surface area contributed by atoms with E-state index in [0.717, 1.165) is 38.9 Å². The van der Waals surface area contributed by atoms with E-state index < -0.39 is 0 Å². The van der Waals surface area contributed by atoms with E-state index in [1.54, 1.807) is 0 Å². The summed E-state index contributed by atoms with van der Waals surface area (Å²) < 4.78 is 0. The van der Waals surface area contributed by atoms with Crippen LogP contribution in [0.2, 0.25) is 0 Å². The maximum absolute atomic E-state index is 10.4. The lowest BCUT2D eigenvalue weighted by atomic mass is 9.67. The Kier molecular flexibility index (Phi) is 7.36. The van der Waals surface area contributed by atoms with E-state index in [0.29, 0.717) is 0 Å². The van der Waals surface area contributed by atoms with Crippen LogP contribution in [0.25, 0.3) is 0 Å². The molecule has 0 amide bonds. The van der Waals surface area contributed by atoms with Crippen LogP contribution in [0.15, 0.2) is 115 Å². The lowest BCUT2D eigenvalue weighted by Crippen LogP contribution is -2.46. The first-order valence-electron chi connectivity index (χ1n) is 13.2. The molecule has 1 N–H and O–H groups in total. The van der Waals surface area contributed by atoms with Crippen LogP contribution in [0.5, 0.6) is 0 Å². The highest BCUT2D eigenvalue weighted by Crippen LogP contribution is 2.43. The molecule has 0 aliphatic carbocycles. The number of hydrogen-bond donors (Lipinski definition) is 1. The maximum atomic E-state index is 10.4. The zero-order valence-corrected chi connectivity index (χ0v) is 21.3. The molecule has 0 aromatic heterocycles. The molecule has 4 aromatic rings. The van der Waals surface area contributed by atoms with Crippen LogP contribution in [-0.4, -0.2) is 36.2 Å². The molecule has 0 radical (unpaired) electrons. The number of rotatable bonds is 8. The molecule has 0 saturated carbocycles. The molecule has 1 aliphatic heterocycles. The van der Waals surface area contributed by atoms with Gasteiger partial charge in [0.2, 0.25) is 0 Å². The van der Waals surface area contributed by atoms with Crippen LogP contribution in [0, 0.1) is 6.92 Å². The monoisotopic (exact) mass is 475 g/mol. The third-order valence-corrected chi connectivity index (χ3v) is 8.38. The number of benzene rings is 4. The second-order valence-corrected chi connectivity index (χ2v) is 10.4. The summed E-state index contributed by atoms with van der Waals surface area (Å²) in [6, 6.07) is 41.7. The predicted molar refractivity (Wildman–Crippen MR) is 149 cm³/mol. The van der Waals surface area contributed by atoms with Crippen LogP contribution < -0.4 is 0 Å². The molecule has 4 aromatic carbocycles. The van der Waals surface area contributed by atoms with Crippen molar-refractivity contribution in [3.05, 3.63) is 143 Å². The van der Waals surface area contributed by atoms with Gasteiger partial charge in [-0.25, -0.2) is 0 Å². The number of piperidine rings is 1. The smallest absolute Gasteiger partial charge is 0.0528 e. The van der Waals surface area contributed by atoms with Crippen molar-refractivity contribution in [1.29, 1.82) is 0 Å². The van der Waals surface area contributed by atoms with Crippen molar-refractivity contribution in [1.82, 2.24) is 4.90 Å². The molecule has 0 atom stereocenters. The fourth-order valence-electron chi connectivity index (χ4n) is 6.08. The summed E-state index contributed by atoms with van der Waals surface area (Å²) in [6.45, 7) is 5.39. The van der Waals surface area contributed by atoms with Gasteiger partial charge in [0.25, 0.3) is 0 Å². The number of aliphatic hydroxyl groups excluding tert-OH is 1. The van der Waals surface area contributed by atoms with Crippen molar-refractivity contribution >= 4 is 0 Å². The number of aliphatic hydroxyl groups is 1. The second-order valence-electron chi connectivity index (χ2n) is 10.4. The minimum atomic E-state index is -0.221. The van der Waals surface area contributed by atoms with E-state index in [-0.39, 0.29) is 17.4 Å². The topological polar surface area (TPSA) is 23.5 Å². The molecular weight excluding hydrogens is 438 g/mol. The average Bonchev–Trinajstić information content (AvgIpc) is 2.96. The van der Waals surface area contributed by atoms with Crippen molar-refractivity contribution < 1.29 is 5.11 Å². The lowest BCUT2D eigenvalue weighted by molar-refractivity contribution is 0.0983. The van der Waals surface area contributed by atoms with E-state index >= 15 is 0 Å². The molecule has 0 unspecified atom stereocenters. The molecule has 5 rings (SSSR count). The summed E-state index contributed by atoms with van der Waals surface area (Å²) in [5.41, 5.74) is 6.24. The molecule has 184 valence electrons. The normalized spacial score (nSPS) is 16.1. The summed E-state index contributed by atoms with van der Waals surface area (Å²) in [5.74, 6) is 0. The first-order chi connectivity index (χ1) is 17.7. The Morgan fingerprint density at radius 1 is 0.667 bits per heavy atom. The van der Waals surface area contributed by atoms with Crippen molar-refractivity contribution in [2.75, 3.05) is 26.2 Å². The second kappa shape index (κ2) is 10.8. The zero-order valence-electron chi connectivity index (χ0n) is 21.3. The number of likely N-dealkylation sites (tertiary alicyclic amines) is 1. The highest BCUT2D eigenvalue weighted by atomic mass is 16.3. The Labute approximate surface area is 216 Å². The van der Waals surface area contributed by atoms with Gasteiger partial charge in [-0.1, -0.05) is 121 Å². The van der Waals surface area contributed by atoms with Gasteiger partial charge in [-0.2, -0.15) is 0 Å². The minimum absolute atomic E-state index is 0.120. The van der Waals surface area contributed by atoms with Crippen LogP contribution in [0.4, 0.5) is 0 Å². The van der Waals surface area contributed by atoms with Gasteiger partial charge in [0, 0.05) is 10.8 Å². The molecule has 36 heavy (non-hydrogen) atoms. The van der Waals surface area contributed by atoms with E-state index in [4.69, 9.17) is 0 Å². The Morgan fingerprint density at radius 2 is 1.14 bits per heavy atom. The van der Waals surface area contributed by atoms with Gasteiger partial charge in [-0.15, -0.1) is 0 Å². The van der Waals surface area contributed by atoms with E-state index in [1.165, 1.54) is 27.8 Å². The summed E-state index contributed by atoms with van der Waals surface area (Å²) in [4.78, 5) is 2.60. The Balaban J connectivity index is 1.45. The third-order valence-electron chi connectivity index (χ3n) is 8.38. The lowest BCUT2D eigenvalue weighted by Gasteiger charge is -2.43. The fourth-order valence-corrected chi connectivity index (χ4v) is 6.08. The maximum Gasteiger partial charge on any atom is 0.0528 e. The van der Waals surface area contributed by atoms with E-state index in [9.17, 15) is 5.11 Å². The first kappa shape index (κ1) is 24.5. The molecule has 0 spiro atoms. The van der Waals surface area contributed by atoms with Crippen LogP contribution in [0.3, 0.4) is 0 Å². The van der Waals surface area contributed by atoms with E-state index in [1.807, 2.05) is 0 Å². The van der Waals surface area contributed by atoms with Gasteiger partial charge in [-0.3, -0.25) is 0 Å². The quantitative estimate of drug-likeness (QED) is 0.285. The molecule has 1 aliphatic rings. The van der Waals surface area contributed by atoms with Crippen molar-refractivity contribution in [2.45, 2.75) is 37.0 Å². The minimum Gasteiger partial charge on any atom is -0.395 e. The molecule has 1 heterocycles. The van der Waals surface area contributed by atoms with Gasteiger partial charge in [0.1, 0.15) is 0 Å². The SMILES string of the molecule is Cc1ccc(C(CCN2CCC(CO)(c3ccccc3)CC2)(c2ccccc2)c2ccccc2)cc1. The summed E-state index contributed by atoms with van der Waals surface area (Å²) in [7, 11) is 0. The van der Waals surface area contributed by atoms with Gasteiger partial charge < -0.3 is 10.0 Å². The van der Waals surface area contributed by atoms with Crippen molar-refractivity contribution in [2.24, 2.45) is 0 Å². The summed E-state index contributed by atoms with van der Waals surface area (Å²) >= 11 is 0. The standard InChI is InChI=1S/C34H37NO/c1-28-17-19-32(20-18-28)34(30-13-7-3-8-14-30,31-15-9-4-10-16-31)23-26-35-24-21-33(27-36,22-25-35)29-11-5-2-6-12-29/h2-20,36H,21-27H2,1H3. The van der Waals surface area contributed by atoms with Gasteiger partial charge >= 0.3 is 0 Å². The Morgan fingerprint density at radius 3 is 1.64 bits per heavy atom. The first-order valence-corrected chi connectivity index (χ1v) is 13.2. The highest BCUT2D eigenvalue weighted by molar-refractivity contribution is 5.50. The van der Waals surface area contributed by atoms with Gasteiger partial charge in [0.05, 0.1) is 6.61 Å². The number of nitrogens with zero attached hydrogens (tertiary/aromatic N) is 1. The summed E-state index contributed by atoms with van der Waals surface area (Å²) in [6.07, 6.45) is 2.98. The third kappa shape index (κ3) is 4.76. The molecule has 2 nitrogen and oxygen atoms in total. The highest BCUT2D eigenvalue weighted by Gasteiger charge is 2.39. The van der Waals surface area contributed by atoms with Crippen molar-refractivity contribution in [3.8, 4) is 0 Å². The average molecular weight is 476 g/mol. The van der Waals surface area contributed by atoms with Crippen LogP contribution in [0.1, 0.15) is 47.1 Å².